The highest BCUT2D eigenvalue weighted by atomic mass is 79.9. The van der Waals surface area contributed by atoms with Gasteiger partial charge in [-0.2, -0.15) is 0 Å². The molecule has 0 fully saturated rings. The van der Waals surface area contributed by atoms with E-state index in [1.54, 1.807) is 0 Å². The number of hydrogen-bond acceptors (Lipinski definition) is 5. The van der Waals surface area contributed by atoms with Crippen molar-refractivity contribution in [3.05, 3.63) is 40.2 Å². The first-order valence-electron chi connectivity index (χ1n) is 5.80. The van der Waals surface area contributed by atoms with E-state index in [2.05, 4.69) is 36.8 Å². The first kappa shape index (κ1) is 13.0. The number of aromatic nitrogens is 2. The third-order valence-electron chi connectivity index (χ3n) is 2.38. The molecule has 0 aliphatic heterocycles. The van der Waals surface area contributed by atoms with Gasteiger partial charge in [0.1, 0.15) is 0 Å². The van der Waals surface area contributed by atoms with Gasteiger partial charge in [0.2, 0.25) is 5.89 Å². The molecule has 1 heterocycles. The van der Waals surface area contributed by atoms with Crippen molar-refractivity contribution < 1.29 is 4.42 Å². The maximum absolute atomic E-state index is 5.44. The molecule has 0 radical (unpaired) electrons. The third-order valence-corrected chi connectivity index (χ3v) is 3.15. The van der Waals surface area contributed by atoms with Crippen LogP contribution < -0.4 is 10.6 Å². The van der Waals surface area contributed by atoms with Crippen molar-refractivity contribution >= 4 is 21.9 Å². The van der Waals surface area contributed by atoms with Gasteiger partial charge in [-0.1, -0.05) is 46.2 Å². The van der Waals surface area contributed by atoms with Crippen LogP contribution in [0.3, 0.4) is 0 Å². The Morgan fingerprint density at radius 1 is 1.22 bits per heavy atom. The summed E-state index contributed by atoms with van der Waals surface area (Å²) in [5.74, 6) is 0.589. The standard InChI is InChI=1S/C12H15BrN4O/c1-2-14-8-11-16-17-12(18-11)15-7-9-5-3-4-6-10(9)13/h3-6,14H,2,7-8H2,1H3,(H,15,17). The molecule has 0 unspecified atom stereocenters. The summed E-state index contributed by atoms with van der Waals surface area (Å²) in [6, 6.07) is 8.45. The highest BCUT2D eigenvalue weighted by Crippen LogP contribution is 2.17. The van der Waals surface area contributed by atoms with E-state index in [9.17, 15) is 0 Å². The fraction of sp³-hybridized carbons (Fsp3) is 0.333. The van der Waals surface area contributed by atoms with Crippen molar-refractivity contribution in [3.63, 3.8) is 0 Å². The fourth-order valence-electron chi connectivity index (χ4n) is 1.44. The van der Waals surface area contributed by atoms with Crippen LogP contribution in [0.2, 0.25) is 0 Å². The molecule has 0 aliphatic carbocycles. The van der Waals surface area contributed by atoms with Crippen LogP contribution in [0.15, 0.2) is 33.2 Å². The van der Waals surface area contributed by atoms with Gasteiger partial charge in [0.15, 0.2) is 0 Å². The van der Waals surface area contributed by atoms with Crippen molar-refractivity contribution in [2.75, 3.05) is 11.9 Å². The SMILES string of the molecule is CCNCc1nnc(NCc2ccccc2Br)o1. The Kier molecular flexibility index (Phi) is 4.72. The topological polar surface area (TPSA) is 63.0 Å². The summed E-state index contributed by atoms with van der Waals surface area (Å²) in [4.78, 5) is 0. The molecule has 1 aromatic heterocycles. The van der Waals surface area contributed by atoms with Gasteiger partial charge < -0.3 is 15.1 Å². The number of hydrogen-bond donors (Lipinski definition) is 2. The summed E-state index contributed by atoms with van der Waals surface area (Å²) in [7, 11) is 0. The van der Waals surface area contributed by atoms with Gasteiger partial charge in [-0.15, -0.1) is 5.10 Å². The highest BCUT2D eigenvalue weighted by molar-refractivity contribution is 9.10. The number of halogens is 1. The monoisotopic (exact) mass is 310 g/mol. The zero-order valence-corrected chi connectivity index (χ0v) is 11.7. The van der Waals surface area contributed by atoms with Crippen LogP contribution in [0, 0.1) is 0 Å². The Balaban J connectivity index is 1.90. The number of anilines is 1. The van der Waals surface area contributed by atoms with Crippen LogP contribution >= 0.6 is 15.9 Å². The van der Waals surface area contributed by atoms with E-state index in [0.29, 0.717) is 25.0 Å². The van der Waals surface area contributed by atoms with E-state index in [4.69, 9.17) is 4.42 Å². The summed E-state index contributed by atoms with van der Waals surface area (Å²) in [6.45, 7) is 4.15. The first-order chi connectivity index (χ1) is 8.79. The summed E-state index contributed by atoms with van der Waals surface area (Å²) >= 11 is 3.49. The average molecular weight is 311 g/mol. The smallest absolute Gasteiger partial charge is 0.315 e. The van der Waals surface area contributed by atoms with Crippen LogP contribution in [0.25, 0.3) is 0 Å². The maximum atomic E-state index is 5.44. The number of rotatable bonds is 6. The van der Waals surface area contributed by atoms with Gasteiger partial charge in [-0.3, -0.25) is 0 Å². The number of nitrogens with one attached hydrogen (secondary N) is 2. The Bertz CT molecular complexity index is 500. The zero-order valence-electron chi connectivity index (χ0n) is 10.1. The lowest BCUT2D eigenvalue weighted by Crippen LogP contribution is -2.11. The van der Waals surface area contributed by atoms with Crippen LogP contribution in [0.4, 0.5) is 6.01 Å². The van der Waals surface area contributed by atoms with Gasteiger partial charge in [0.05, 0.1) is 6.54 Å². The van der Waals surface area contributed by atoms with E-state index >= 15 is 0 Å². The number of nitrogens with zero attached hydrogens (tertiary/aromatic N) is 2. The van der Waals surface area contributed by atoms with Gasteiger partial charge in [-0.25, -0.2) is 0 Å². The zero-order chi connectivity index (χ0) is 12.8. The lowest BCUT2D eigenvalue weighted by atomic mass is 10.2. The molecule has 18 heavy (non-hydrogen) atoms. The predicted octanol–water partition coefficient (Wildman–Crippen LogP) is 2.55. The second-order valence-corrected chi connectivity index (χ2v) is 4.58. The Hall–Kier alpha value is -1.40. The predicted molar refractivity (Wildman–Crippen MR) is 73.1 cm³/mol. The molecule has 2 aromatic rings. The molecular weight excluding hydrogens is 296 g/mol. The molecule has 6 heteroatoms. The molecule has 0 bridgehead atoms. The van der Waals surface area contributed by atoms with E-state index in [0.717, 1.165) is 16.6 Å². The van der Waals surface area contributed by atoms with Crippen molar-refractivity contribution in [1.29, 1.82) is 0 Å². The summed E-state index contributed by atoms with van der Waals surface area (Å²) in [6.07, 6.45) is 0. The summed E-state index contributed by atoms with van der Waals surface area (Å²) in [5.41, 5.74) is 1.14. The molecule has 96 valence electrons. The number of benzene rings is 1. The van der Waals surface area contributed by atoms with Crippen molar-refractivity contribution in [2.45, 2.75) is 20.0 Å². The minimum atomic E-state index is 0.443. The van der Waals surface area contributed by atoms with Crippen LogP contribution in [0.5, 0.6) is 0 Å². The quantitative estimate of drug-likeness (QED) is 0.858. The molecule has 0 spiro atoms. The van der Waals surface area contributed by atoms with Crippen LogP contribution in [-0.4, -0.2) is 16.7 Å². The van der Waals surface area contributed by atoms with E-state index in [1.807, 2.05) is 31.2 Å². The molecule has 0 aliphatic rings. The normalized spacial score (nSPS) is 10.6. The highest BCUT2D eigenvalue weighted by Gasteiger charge is 2.05. The Morgan fingerprint density at radius 3 is 2.83 bits per heavy atom. The molecule has 2 N–H and O–H groups in total. The lowest BCUT2D eigenvalue weighted by molar-refractivity contribution is 0.481. The second kappa shape index (κ2) is 6.51. The molecule has 0 saturated carbocycles. The van der Waals surface area contributed by atoms with Crippen LogP contribution in [0.1, 0.15) is 18.4 Å². The first-order valence-corrected chi connectivity index (χ1v) is 6.59. The van der Waals surface area contributed by atoms with Gasteiger partial charge >= 0.3 is 6.01 Å². The second-order valence-electron chi connectivity index (χ2n) is 3.73. The fourth-order valence-corrected chi connectivity index (χ4v) is 1.87. The molecule has 0 saturated heterocycles. The molecular formula is C12H15BrN4O. The van der Waals surface area contributed by atoms with Gasteiger partial charge in [-0.05, 0) is 18.2 Å². The van der Waals surface area contributed by atoms with E-state index < -0.39 is 0 Å². The van der Waals surface area contributed by atoms with E-state index in [-0.39, 0.29) is 0 Å². The van der Waals surface area contributed by atoms with Gasteiger partial charge in [0.25, 0.3) is 0 Å². The van der Waals surface area contributed by atoms with Crippen LogP contribution in [-0.2, 0) is 13.1 Å². The maximum Gasteiger partial charge on any atom is 0.315 e. The molecule has 1 aromatic carbocycles. The summed E-state index contributed by atoms with van der Waals surface area (Å²) in [5, 5.41) is 14.1. The summed E-state index contributed by atoms with van der Waals surface area (Å²) < 4.78 is 6.50. The minimum Gasteiger partial charge on any atom is -0.407 e. The average Bonchev–Trinajstić information content (AvgIpc) is 2.83. The Labute approximate surface area is 114 Å². The van der Waals surface area contributed by atoms with Gasteiger partial charge in [0, 0.05) is 11.0 Å². The van der Waals surface area contributed by atoms with Crippen molar-refractivity contribution in [1.82, 2.24) is 15.5 Å². The van der Waals surface area contributed by atoms with Crippen molar-refractivity contribution in [2.24, 2.45) is 0 Å². The molecule has 0 amide bonds. The molecule has 2 rings (SSSR count). The van der Waals surface area contributed by atoms with Crippen molar-refractivity contribution in [3.8, 4) is 0 Å². The minimum absolute atomic E-state index is 0.443. The Morgan fingerprint density at radius 2 is 2.06 bits per heavy atom. The largest absolute Gasteiger partial charge is 0.407 e. The lowest BCUT2D eigenvalue weighted by Gasteiger charge is -2.03. The molecule has 5 nitrogen and oxygen atoms in total. The van der Waals surface area contributed by atoms with E-state index in [1.165, 1.54) is 0 Å². The molecule has 0 atom stereocenters. The third kappa shape index (κ3) is 3.54.